The van der Waals surface area contributed by atoms with E-state index in [9.17, 15) is 8.42 Å². The molecule has 0 saturated carbocycles. The molecule has 1 aromatic carbocycles. The second-order valence-corrected chi connectivity index (χ2v) is 7.82. The Kier molecular flexibility index (Phi) is 6.34. The molecule has 0 radical (unpaired) electrons. The summed E-state index contributed by atoms with van der Waals surface area (Å²) in [6.07, 6.45) is 5.69. The van der Waals surface area contributed by atoms with Crippen LogP contribution in [0.15, 0.2) is 53.9 Å². The Morgan fingerprint density at radius 1 is 1.18 bits per heavy atom. The Morgan fingerprint density at radius 2 is 1.96 bits per heavy atom. The molecule has 2 N–H and O–H groups in total. The van der Waals surface area contributed by atoms with Crippen molar-refractivity contribution >= 4 is 21.7 Å². The molecular formula is C18H22N6O3S. The van der Waals surface area contributed by atoms with Gasteiger partial charge in [0.15, 0.2) is 0 Å². The van der Waals surface area contributed by atoms with Crippen LogP contribution in [0.2, 0.25) is 0 Å². The largest absolute Gasteiger partial charge is 0.385 e. The first-order chi connectivity index (χ1) is 13.5. The van der Waals surface area contributed by atoms with Gasteiger partial charge in [0.1, 0.15) is 0 Å². The third-order valence-electron chi connectivity index (χ3n) is 3.97. The summed E-state index contributed by atoms with van der Waals surface area (Å²) in [5, 5.41) is 3.08. The van der Waals surface area contributed by atoms with Gasteiger partial charge >= 0.3 is 0 Å². The van der Waals surface area contributed by atoms with E-state index in [1.807, 2.05) is 11.6 Å². The van der Waals surface area contributed by atoms with Crippen molar-refractivity contribution in [2.45, 2.75) is 11.3 Å². The average Bonchev–Trinajstić information content (AvgIpc) is 3.12. The predicted molar refractivity (Wildman–Crippen MR) is 106 cm³/mol. The molecule has 2 aromatic heterocycles. The molecule has 0 fully saturated rings. The highest BCUT2D eigenvalue weighted by atomic mass is 32.2. The summed E-state index contributed by atoms with van der Waals surface area (Å²) in [4.78, 5) is 13.0. The number of benzene rings is 1. The zero-order chi connectivity index (χ0) is 20.0. The fourth-order valence-electron chi connectivity index (χ4n) is 2.52. The van der Waals surface area contributed by atoms with Crippen molar-refractivity contribution in [3.63, 3.8) is 0 Å². The van der Waals surface area contributed by atoms with E-state index in [0.717, 1.165) is 11.4 Å². The third kappa shape index (κ3) is 4.91. The molecule has 28 heavy (non-hydrogen) atoms. The van der Waals surface area contributed by atoms with E-state index >= 15 is 0 Å². The summed E-state index contributed by atoms with van der Waals surface area (Å²) < 4.78 is 33.9. The number of aromatic nitrogens is 4. The maximum atomic E-state index is 12.3. The lowest BCUT2D eigenvalue weighted by Gasteiger charge is -2.09. The molecule has 2 heterocycles. The van der Waals surface area contributed by atoms with Crippen molar-refractivity contribution in [2.24, 2.45) is 7.05 Å². The monoisotopic (exact) mass is 402 g/mol. The first kappa shape index (κ1) is 19.9. The van der Waals surface area contributed by atoms with Gasteiger partial charge in [0.05, 0.1) is 28.8 Å². The molecule has 0 aliphatic rings. The Labute approximate surface area is 163 Å². The number of hydrogen-bond donors (Lipinski definition) is 2. The van der Waals surface area contributed by atoms with Gasteiger partial charge in [-0.1, -0.05) is 0 Å². The highest BCUT2D eigenvalue weighted by Crippen LogP contribution is 2.20. The molecule has 3 aromatic rings. The molecule has 0 aliphatic heterocycles. The van der Waals surface area contributed by atoms with Crippen molar-refractivity contribution in [1.82, 2.24) is 24.2 Å². The lowest BCUT2D eigenvalue weighted by Crippen LogP contribution is -2.25. The van der Waals surface area contributed by atoms with E-state index in [0.29, 0.717) is 31.2 Å². The number of rotatable bonds is 9. The van der Waals surface area contributed by atoms with Gasteiger partial charge < -0.3 is 14.6 Å². The van der Waals surface area contributed by atoms with Gasteiger partial charge in [-0.05, 0) is 36.8 Å². The highest BCUT2D eigenvalue weighted by molar-refractivity contribution is 7.89. The number of anilines is 2. The van der Waals surface area contributed by atoms with Crippen LogP contribution in [0, 0.1) is 0 Å². The number of nitrogens with one attached hydrogen (secondary N) is 2. The van der Waals surface area contributed by atoms with Crippen LogP contribution in [-0.4, -0.2) is 48.2 Å². The van der Waals surface area contributed by atoms with Crippen LogP contribution in [0.3, 0.4) is 0 Å². The highest BCUT2D eigenvalue weighted by Gasteiger charge is 2.13. The van der Waals surface area contributed by atoms with Gasteiger partial charge in [-0.15, -0.1) is 0 Å². The molecule has 0 atom stereocenters. The second-order valence-electron chi connectivity index (χ2n) is 6.05. The summed E-state index contributed by atoms with van der Waals surface area (Å²) in [5.41, 5.74) is 2.28. The fourth-order valence-corrected chi connectivity index (χ4v) is 3.59. The van der Waals surface area contributed by atoms with Gasteiger partial charge in [-0.3, -0.25) is 0 Å². The Balaban J connectivity index is 1.69. The smallest absolute Gasteiger partial charge is 0.240 e. The van der Waals surface area contributed by atoms with Crippen molar-refractivity contribution in [3.05, 3.63) is 49.1 Å². The molecule has 0 saturated heterocycles. The number of nitrogens with zero attached hydrogens (tertiary/aromatic N) is 4. The lowest BCUT2D eigenvalue weighted by atomic mass is 10.3. The van der Waals surface area contributed by atoms with E-state index in [1.165, 1.54) is 12.1 Å². The van der Waals surface area contributed by atoms with E-state index < -0.39 is 10.0 Å². The topological polar surface area (TPSA) is 111 Å². The minimum absolute atomic E-state index is 0.194. The normalized spacial score (nSPS) is 11.5. The Morgan fingerprint density at radius 3 is 2.64 bits per heavy atom. The number of ether oxygens (including phenoxy) is 1. The molecule has 10 heteroatoms. The lowest BCUT2D eigenvalue weighted by molar-refractivity contribution is 0.196. The molecule has 0 amide bonds. The summed E-state index contributed by atoms with van der Waals surface area (Å²) in [7, 11) is -0.0771. The Bertz CT molecular complexity index is 1020. The summed E-state index contributed by atoms with van der Waals surface area (Å²) in [6, 6.07) is 8.21. The molecular weight excluding hydrogens is 380 g/mol. The quantitative estimate of drug-likeness (QED) is 0.526. The molecule has 148 valence electrons. The molecule has 0 aliphatic carbocycles. The molecule has 0 spiro atoms. The van der Waals surface area contributed by atoms with Gasteiger partial charge in [0.25, 0.3) is 0 Å². The van der Waals surface area contributed by atoms with Crippen molar-refractivity contribution in [3.8, 4) is 11.4 Å². The zero-order valence-electron chi connectivity index (χ0n) is 15.7. The summed E-state index contributed by atoms with van der Waals surface area (Å²) in [5.74, 6) is 0.409. The van der Waals surface area contributed by atoms with E-state index in [2.05, 4.69) is 25.0 Å². The summed E-state index contributed by atoms with van der Waals surface area (Å²) >= 11 is 0. The van der Waals surface area contributed by atoms with Gasteiger partial charge in [0.2, 0.25) is 16.0 Å². The maximum absolute atomic E-state index is 12.3. The van der Waals surface area contributed by atoms with Crippen LogP contribution in [0.5, 0.6) is 0 Å². The first-order valence-electron chi connectivity index (χ1n) is 8.65. The first-order valence-corrected chi connectivity index (χ1v) is 10.1. The minimum Gasteiger partial charge on any atom is -0.385 e. The van der Waals surface area contributed by atoms with Crippen molar-refractivity contribution in [1.29, 1.82) is 0 Å². The zero-order valence-corrected chi connectivity index (χ0v) is 16.5. The predicted octanol–water partition coefficient (Wildman–Crippen LogP) is 1.94. The number of imidazole rings is 1. The number of methoxy groups -OCH3 is 1. The molecule has 3 rings (SSSR count). The van der Waals surface area contributed by atoms with Crippen LogP contribution in [0.1, 0.15) is 6.42 Å². The van der Waals surface area contributed by atoms with E-state index in [-0.39, 0.29) is 4.90 Å². The number of sulfonamides is 1. The Hall–Kier alpha value is -2.82. The SMILES string of the molecule is COCCCNS(=O)(=O)c1ccc(Nc2nccc(-c3cncn3C)n2)cc1. The fraction of sp³-hybridized carbons (Fsp3) is 0.278. The van der Waals surface area contributed by atoms with Gasteiger partial charge in [-0.25, -0.2) is 28.1 Å². The second kappa shape index (κ2) is 8.91. The van der Waals surface area contributed by atoms with E-state index in [4.69, 9.17) is 4.74 Å². The van der Waals surface area contributed by atoms with E-state index in [1.54, 1.807) is 44.0 Å². The van der Waals surface area contributed by atoms with Crippen LogP contribution in [0.25, 0.3) is 11.4 Å². The van der Waals surface area contributed by atoms with Crippen LogP contribution in [-0.2, 0) is 21.8 Å². The summed E-state index contributed by atoms with van der Waals surface area (Å²) in [6.45, 7) is 0.827. The van der Waals surface area contributed by atoms with Crippen molar-refractivity contribution in [2.75, 3.05) is 25.6 Å². The van der Waals surface area contributed by atoms with Gasteiger partial charge in [-0.2, -0.15) is 0 Å². The third-order valence-corrected chi connectivity index (χ3v) is 5.45. The van der Waals surface area contributed by atoms with Crippen LogP contribution < -0.4 is 10.0 Å². The standard InChI is InChI=1S/C18H22N6O3S/c1-24-13-19-12-17(24)16-8-10-20-18(23-16)22-14-4-6-15(7-5-14)28(25,26)21-9-3-11-27-2/h4-8,10,12-13,21H,3,9,11H2,1-2H3,(H,20,22,23). The maximum Gasteiger partial charge on any atom is 0.240 e. The van der Waals surface area contributed by atoms with Crippen LogP contribution in [0.4, 0.5) is 11.6 Å². The molecule has 0 unspecified atom stereocenters. The molecule has 9 nitrogen and oxygen atoms in total. The minimum atomic E-state index is -3.55. The number of hydrogen-bond acceptors (Lipinski definition) is 7. The van der Waals surface area contributed by atoms with Crippen molar-refractivity contribution < 1.29 is 13.2 Å². The number of aryl methyl sites for hydroxylation is 1. The van der Waals surface area contributed by atoms with Crippen LogP contribution >= 0.6 is 0 Å². The average molecular weight is 402 g/mol. The van der Waals surface area contributed by atoms with Gasteiger partial charge in [0, 0.05) is 39.2 Å². The molecule has 0 bridgehead atoms.